The number of rotatable bonds is 8. The summed E-state index contributed by atoms with van der Waals surface area (Å²) in [5, 5.41) is 4.32. The van der Waals surface area contributed by atoms with Crippen molar-refractivity contribution < 1.29 is 19.0 Å². The van der Waals surface area contributed by atoms with E-state index in [4.69, 9.17) is 25.8 Å². The summed E-state index contributed by atoms with van der Waals surface area (Å²) in [6.45, 7) is 7.69. The number of carbonyl (C=O) groups excluding carboxylic acids is 1. The van der Waals surface area contributed by atoms with Crippen molar-refractivity contribution in [3.05, 3.63) is 59.2 Å². The van der Waals surface area contributed by atoms with E-state index >= 15 is 0 Å². The van der Waals surface area contributed by atoms with E-state index < -0.39 is 0 Å². The van der Waals surface area contributed by atoms with E-state index in [2.05, 4.69) is 10.3 Å². The minimum atomic E-state index is -0.318. The number of amides is 1. The van der Waals surface area contributed by atoms with Gasteiger partial charge >= 0.3 is 0 Å². The summed E-state index contributed by atoms with van der Waals surface area (Å²) in [5.41, 5.74) is 0.413. The Labute approximate surface area is 184 Å². The lowest BCUT2D eigenvalue weighted by atomic mass is 10.2. The van der Waals surface area contributed by atoms with Gasteiger partial charge in [-0.15, -0.1) is 0 Å². The van der Waals surface area contributed by atoms with Gasteiger partial charge in [-0.05, 0) is 58.0 Å². The molecule has 1 heterocycles. The molecule has 1 aromatic heterocycles. The fourth-order valence-corrected chi connectivity index (χ4v) is 3.43. The van der Waals surface area contributed by atoms with Gasteiger partial charge in [0, 0.05) is 16.7 Å². The van der Waals surface area contributed by atoms with Gasteiger partial charge in [0.05, 0.1) is 18.4 Å². The normalized spacial score (nSPS) is 10.9. The van der Waals surface area contributed by atoms with Gasteiger partial charge in [0.1, 0.15) is 17.2 Å². The summed E-state index contributed by atoms with van der Waals surface area (Å²) < 4.78 is 17.2. The van der Waals surface area contributed by atoms with Crippen LogP contribution in [0.15, 0.2) is 48.7 Å². The first-order chi connectivity index (χ1) is 14.3. The molecule has 2 aromatic carbocycles. The average molecular weight is 447 g/mol. The summed E-state index contributed by atoms with van der Waals surface area (Å²) in [6.07, 6.45) is 1.49. The molecular weight excluding hydrogens is 424 g/mol. The molecule has 0 aliphatic carbocycles. The van der Waals surface area contributed by atoms with Gasteiger partial charge in [-0.1, -0.05) is 29.0 Å². The first-order valence-electron chi connectivity index (χ1n) is 9.47. The average Bonchev–Trinajstić information content (AvgIpc) is 3.07. The molecule has 1 N–H and O–H groups in total. The van der Waals surface area contributed by atoms with Gasteiger partial charge in [0.25, 0.3) is 5.91 Å². The third kappa shape index (κ3) is 6.37. The van der Waals surface area contributed by atoms with E-state index in [9.17, 15) is 4.79 Å². The Hall–Kier alpha value is -2.77. The van der Waals surface area contributed by atoms with Crippen LogP contribution in [0.1, 0.15) is 38.1 Å². The number of nitrogens with zero attached hydrogens (tertiary/aromatic N) is 1. The molecule has 0 aliphatic heterocycles. The lowest BCUT2D eigenvalue weighted by molar-refractivity contribution is 0.102. The maximum absolute atomic E-state index is 12.8. The molecule has 0 radical (unpaired) electrons. The molecule has 0 spiro atoms. The van der Waals surface area contributed by atoms with Gasteiger partial charge < -0.3 is 14.2 Å². The summed E-state index contributed by atoms with van der Waals surface area (Å²) in [5.74, 6) is 1.41. The smallest absolute Gasteiger partial charge is 0.257 e. The number of hydrogen-bond donors (Lipinski definition) is 1. The lowest BCUT2D eigenvalue weighted by Crippen LogP contribution is -2.14. The van der Waals surface area contributed by atoms with Gasteiger partial charge in [-0.2, -0.15) is 0 Å². The highest BCUT2D eigenvalue weighted by molar-refractivity contribution is 7.17. The number of halogens is 1. The molecule has 30 heavy (non-hydrogen) atoms. The Morgan fingerprint density at radius 3 is 2.27 bits per heavy atom. The van der Waals surface area contributed by atoms with Gasteiger partial charge in [-0.3, -0.25) is 10.1 Å². The molecule has 0 unspecified atom stereocenters. The highest BCUT2D eigenvalue weighted by Crippen LogP contribution is 2.32. The first kappa shape index (κ1) is 21.9. The largest absolute Gasteiger partial charge is 0.491 e. The quantitative estimate of drug-likeness (QED) is 0.432. The molecule has 158 valence electrons. The van der Waals surface area contributed by atoms with Crippen LogP contribution in [-0.2, 0) is 0 Å². The number of hydrogen-bond acceptors (Lipinski definition) is 6. The van der Waals surface area contributed by atoms with Crippen LogP contribution in [0.5, 0.6) is 22.3 Å². The number of aromatic nitrogens is 1. The molecular formula is C22H23ClN2O4S. The van der Waals surface area contributed by atoms with E-state index in [1.54, 1.807) is 48.7 Å². The Kier molecular flexibility index (Phi) is 7.18. The van der Waals surface area contributed by atoms with Crippen molar-refractivity contribution in [1.29, 1.82) is 0 Å². The minimum absolute atomic E-state index is 0.0274. The van der Waals surface area contributed by atoms with Crippen molar-refractivity contribution in [3.63, 3.8) is 0 Å². The highest BCUT2D eigenvalue weighted by atomic mass is 35.5. The molecule has 3 aromatic rings. The SMILES string of the molecule is CC(C)Oc1cc(OC(C)C)cc(C(=O)Nc2ncc(Oc3cccc(Cl)c3)s2)c1. The predicted octanol–water partition coefficient (Wildman–Crippen LogP) is 6.42. The number of benzene rings is 2. The molecule has 0 saturated carbocycles. The molecule has 3 rings (SSSR count). The van der Waals surface area contributed by atoms with Crippen LogP contribution in [0.3, 0.4) is 0 Å². The highest BCUT2D eigenvalue weighted by Gasteiger charge is 2.14. The van der Waals surface area contributed by atoms with Crippen molar-refractivity contribution in [2.45, 2.75) is 39.9 Å². The summed E-state index contributed by atoms with van der Waals surface area (Å²) in [4.78, 5) is 17.0. The maximum atomic E-state index is 12.8. The van der Waals surface area contributed by atoms with Crippen molar-refractivity contribution in [2.24, 2.45) is 0 Å². The molecule has 6 nitrogen and oxygen atoms in total. The maximum Gasteiger partial charge on any atom is 0.257 e. The Bertz CT molecular complexity index is 992. The Morgan fingerprint density at radius 1 is 1.00 bits per heavy atom. The number of ether oxygens (including phenoxy) is 3. The lowest BCUT2D eigenvalue weighted by Gasteiger charge is -2.15. The predicted molar refractivity (Wildman–Crippen MR) is 120 cm³/mol. The van der Waals surface area contributed by atoms with Gasteiger partial charge in [0.2, 0.25) is 5.06 Å². The fraction of sp³-hybridized carbons (Fsp3) is 0.273. The van der Waals surface area contributed by atoms with E-state index in [1.807, 2.05) is 27.7 Å². The van der Waals surface area contributed by atoms with Crippen molar-refractivity contribution in [1.82, 2.24) is 4.98 Å². The topological polar surface area (TPSA) is 69.7 Å². The van der Waals surface area contributed by atoms with Crippen LogP contribution in [-0.4, -0.2) is 23.1 Å². The summed E-state index contributed by atoms with van der Waals surface area (Å²) in [7, 11) is 0. The van der Waals surface area contributed by atoms with E-state index in [-0.39, 0.29) is 18.1 Å². The van der Waals surface area contributed by atoms with E-state index in [0.717, 1.165) is 0 Å². The van der Waals surface area contributed by atoms with E-state index in [1.165, 1.54) is 11.3 Å². The van der Waals surface area contributed by atoms with Crippen LogP contribution < -0.4 is 19.5 Å². The standard InChI is InChI=1S/C22H23ClN2O4S/c1-13(2)27-18-8-15(9-19(11-18)28-14(3)4)21(26)25-22-24-12-20(30-22)29-17-7-5-6-16(23)10-17/h5-14H,1-4H3,(H,24,25,26). The molecule has 0 fully saturated rings. The second-order valence-electron chi connectivity index (χ2n) is 7.02. The molecule has 0 bridgehead atoms. The Balaban J connectivity index is 1.74. The monoisotopic (exact) mass is 446 g/mol. The third-order valence-corrected chi connectivity index (χ3v) is 4.63. The van der Waals surface area contributed by atoms with Gasteiger partial charge in [0.15, 0.2) is 5.13 Å². The van der Waals surface area contributed by atoms with Crippen molar-refractivity contribution in [3.8, 4) is 22.3 Å². The summed E-state index contributed by atoms with van der Waals surface area (Å²) >= 11 is 7.19. The van der Waals surface area contributed by atoms with Crippen LogP contribution in [0.2, 0.25) is 5.02 Å². The molecule has 0 atom stereocenters. The van der Waals surface area contributed by atoms with Crippen molar-refractivity contribution in [2.75, 3.05) is 5.32 Å². The number of carbonyl (C=O) groups is 1. The molecule has 1 amide bonds. The van der Waals surface area contributed by atoms with Crippen LogP contribution >= 0.6 is 22.9 Å². The number of thiazole rings is 1. The number of nitrogens with one attached hydrogen (secondary N) is 1. The van der Waals surface area contributed by atoms with Crippen LogP contribution in [0, 0.1) is 0 Å². The zero-order valence-electron chi connectivity index (χ0n) is 17.1. The zero-order valence-corrected chi connectivity index (χ0v) is 18.7. The second-order valence-corrected chi connectivity index (χ2v) is 8.45. The van der Waals surface area contributed by atoms with Crippen LogP contribution in [0.25, 0.3) is 0 Å². The Morgan fingerprint density at radius 2 is 1.67 bits per heavy atom. The van der Waals surface area contributed by atoms with Crippen LogP contribution in [0.4, 0.5) is 5.13 Å². The fourth-order valence-electron chi connectivity index (χ4n) is 2.56. The zero-order chi connectivity index (χ0) is 21.7. The summed E-state index contributed by atoms with van der Waals surface area (Å²) in [6, 6.07) is 12.2. The molecule has 8 heteroatoms. The second kappa shape index (κ2) is 9.82. The third-order valence-electron chi connectivity index (χ3n) is 3.61. The number of anilines is 1. The first-order valence-corrected chi connectivity index (χ1v) is 10.7. The van der Waals surface area contributed by atoms with Crippen molar-refractivity contribution >= 4 is 34.0 Å². The van der Waals surface area contributed by atoms with Gasteiger partial charge in [-0.25, -0.2) is 4.98 Å². The molecule has 0 saturated heterocycles. The minimum Gasteiger partial charge on any atom is -0.491 e. The van der Waals surface area contributed by atoms with E-state index in [0.29, 0.717) is 38.0 Å². The molecule has 0 aliphatic rings.